The second-order valence-electron chi connectivity index (χ2n) is 6.61. The summed E-state index contributed by atoms with van der Waals surface area (Å²) in [7, 11) is 0. The maximum Gasteiger partial charge on any atom is 0.289 e. The largest absolute Gasteiger partial charge is 0.459 e. The molecule has 1 saturated heterocycles. The Kier molecular flexibility index (Phi) is 3.34. The average Bonchev–Trinajstić information content (AvgIpc) is 3.25. The van der Waals surface area contributed by atoms with Crippen molar-refractivity contribution in [1.82, 2.24) is 9.80 Å². The van der Waals surface area contributed by atoms with Gasteiger partial charge in [0.25, 0.3) is 5.91 Å². The molecule has 0 N–H and O–H groups in total. The van der Waals surface area contributed by atoms with E-state index in [9.17, 15) is 4.79 Å². The number of carbonyl (C=O) groups excluding carboxylic acids is 1. The highest BCUT2D eigenvalue weighted by atomic mass is 16.3. The van der Waals surface area contributed by atoms with Crippen LogP contribution < -0.4 is 0 Å². The van der Waals surface area contributed by atoms with E-state index in [-0.39, 0.29) is 5.91 Å². The second kappa shape index (κ2) is 5.34. The van der Waals surface area contributed by atoms with Gasteiger partial charge in [-0.3, -0.25) is 9.69 Å². The molecule has 4 nitrogen and oxygen atoms in total. The van der Waals surface area contributed by atoms with Crippen LogP contribution in [0.25, 0.3) is 0 Å². The number of nitrogens with zero attached hydrogens (tertiary/aromatic N) is 2. The van der Waals surface area contributed by atoms with Gasteiger partial charge in [0.05, 0.1) is 6.26 Å². The minimum Gasteiger partial charge on any atom is -0.459 e. The summed E-state index contributed by atoms with van der Waals surface area (Å²) < 4.78 is 5.20. The van der Waals surface area contributed by atoms with Crippen molar-refractivity contribution in [3.05, 3.63) is 36.3 Å². The Balaban J connectivity index is 1.29. The summed E-state index contributed by atoms with van der Waals surface area (Å²) in [6.07, 6.45) is 9.14. The van der Waals surface area contributed by atoms with Gasteiger partial charge in [-0.05, 0) is 42.7 Å². The van der Waals surface area contributed by atoms with Crippen LogP contribution in [0.15, 0.2) is 35.0 Å². The molecule has 0 aromatic carbocycles. The minimum atomic E-state index is 0.0301. The van der Waals surface area contributed by atoms with Crippen molar-refractivity contribution in [3.63, 3.8) is 0 Å². The molecule has 3 aliphatic rings. The van der Waals surface area contributed by atoms with Crippen LogP contribution in [0.1, 0.15) is 23.4 Å². The molecule has 1 aliphatic heterocycles. The number of carbonyl (C=O) groups is 1. The first kappa shape index (κ1) is 13.1. The number of allylic oxidation sites excluding steroid dienone is 2. The fourth-order valence-corrected chi connectivity index (χ4v) is 4.13. The number of amides is 1. The zero-order valence-corrected chi connectivity index (χ0v) is 12.3. The summed E-state index contributed by atoms with van der Waals surface area (Å²) in [6.45, 7) is 4.81. The van der Waals surface area contributed by atoms with Gasteiger partial charge in [-0.1, -0.05) is 12.2 Å². The third-order valence-corrected chi connectivity index (χ3v) is 5.30. The third kappa shape index (κ3) is 2.53. The Bertz CT molecular complexity index is 529. The quantitative estimate of drug-likeness (QED) is 0.800. The second-order valence-corrected chi connectivity index (χ2v) is 6.61. The lowest BCUT2D eigenvalue weighted by molar-refractivity contribution is 0.0580. The molecule has 1 aromatic rings. The van der Waals surface area contributed by atoms with Crippen molar-refractivity contribution >= 4 is 5.91 Å². The number of furan rings is 1. The van der Waals surface area contributed by atoms with E-state index in [1.165, 1.54) is 19.4 Å². The summed E-state index contributed by atoms with van der Waals surface area (Å²) in [5.41, 5.74) is 0. The molecule has 1 amide bonds. The molecule has 21 heavy (non-hydrogen) atoms. The predicted octanol–water partition coefficient (Wildman–Crippen LogP) is 2.25. The zero-order valence-electron chi connectivity index (χ0n) is 12.3. The van der Waals surface area contributed by atoms with Crippen LogP contribution in [0, 0.1) is 17.8 Å². The monoisotopic (exact) mass is 286 g/mol. The van der Waals surface area contributed by atoms with Crippen LogP contribution in [-0.2, 0) is 0 Å². The van der Waals surface area contributed by atoms with Crippen LogP contribution in [-0.4, -0.2) is 48.4 Å². The fourth-order valence-electron chi connectivity index (χ4n) is 4.13. The summed E-state index contributed by atoms with van der Waals surface area (Å²) in [6, 6.07) is 3.52. The van der Waals surface area contributed by atoms with Gasteiger partial charge in [-0.15, -0.1) is 0 Å². The first-order valence-corrected chi connectivity index (χ1v) is 8.03. The first-order valence-electron chi connectivity index (χ1n) is 8.03. The molecule has 4 heteroatoms. The van der Waals surface area contributed by atoms with Crippen LogP contribution in [0.3, 0.4) is 0 Å². The van der Waals surface area contributed by atoms with Crippen LogP contribution in [0.5, 0.6) is 0 Å². The average molecular weight is 286 g/mol. The van der Waals surface area contributed by atoms with Gasteiger partial charge in [0.1, 0.15) is 0 Å². The molecular formula is C17H22N2O2. The molecule has 2 bridgehead atoms. The number of fused-ring (bicyclic) bond motifs is 2. The van der Waals surface area contributed by atoms with E-state index < -0.39 is 0 Å². The molecule has 0 radical (unpaired) electrons. The summed E-state index contributed by atoms with van der Waals surface area (Å²) in [5.74, 6) is 3.00. The van der Waals surface area contributed by atoms with Gasteiger partial charge in [0.2, 0.25) is 0 Å². The van der Waals surface area contributed by atoms with Crippen molar-refractivity contribution in [2.75, 3.05) is 32.7 Å². The van der Waals surface area contributed by atoms with Crippen LogP contribution in [0.4, 0.5) is 0 Å². The molecule has 2 fully saturated rings. The Morgan fingerprint density at radius 1 is 1.19 bits per heavy atom. The molecule has 2 heterocycles. The van der Waals surface area contributed by atoms with Crippen molar-refractivity contribution in [2.24, 2.45) is 17.8 Å². The molecule has 1 aromatic heterocycles. The normalized spacial score (nSPS) is 32.0. The standard InChI is InChI=1S/C17H22N2O2/c20-17(16-2-1-9-21-16)19-7-5-18(6-8-19)12-15-11-13-3-4-14(15)10-13/h1-4,9,13-15H,5-8,10-12H2/t13-,14-,15-/m1/s1. The Labute approximate surface area is 125 Å². The van der Waals surface area contributed by atoms with E-state index in [4.69, 9.17) is 4.42 Å². The number of hydrogen-bond acceptors (Lipinski definition) is 3. The topological polar surface area (TPSA) is 36.7 Å². The summed E-state index contributed by atoms with van der Waals surface area (Å²) >= 11 is 0. The Hall–Kier alpha value is -1.55. The first-order chi connectivity index (χ1) is 10.3. The highest BCUT2D eigenvalue weighted by molar-refractivity contribution is 5.91. The molecule has 1 saturated carbocycles. The molecule has 2 aliphatic carbocycles. The van der Waals surface area contributed by atoms with E-state index in [0.29, 0.717) is 5.76 Å². The molecule has 0 spiro atoms. The molecule has 4 rings (SSSR count). The number of hydrogen-bond donors (Lipinski definition) is 0. The SMILES string of the molecule is O=C(c1ccco1)N1CCN(C[C@H]2C[C@@H]3C=C[C@@H]2C3)CC1. The van der Waals surface area contributed by atoms with Crippen molar-refractivity contribution in [2.45, 2.75) is 12.8 Å². The molecule has 0 unspecified atom stereocenters. The lowest BCUT2D eigenvalue weighted by Gasteiger charge is -2.36. The fraction of sp³-hybridized carbons (Fsp3) is 0.588. The smallest absolute Gasteiger partial charge is 0.289 e. The number of rotatable bonds is 3. The van der Waals surface area contributed by atoms with Gasteiger partial charge < -0.3 is 9.32 Å². The van der Waals surface area contributed by atoms with Crippen molar-refractivity contribution in [3.8, 4) is 0 Å². The highest BCUT2D eigenvalue weighted by Crippen LogP contribution is 2.43. The summed E-state index contributed by atoms with van der Waals surface area (Å²) in [5, 5.41) is 0. The molecule has 3 atom stereocenters. The van der Waals surface area contributed by atoms with Crippen LogP contribution in [0.2, 0.25) is 0 Å². The lowest BCUT2D eigenvalue weighted by Crippen LogP contribution is -2.50. The van der Waals surface area contributed by atoms with Crippen molar-refractivity contribution in [1.29, 1.82) is 0 Å². The summed E-state index contributed by atoms with van der Waals surface area (Å²) in [4.78, 5) is 16.7. The van der Waals surface area contributed by atoms with Gasteiger partial charge in [-0.25, -0.2) is 0 Å². The molecular weight excluding hydrogens is 264 g/mol. The van der Waals surface area contributed by atoms with E-state index in [1.807, 2.05) is 4.90 Å². The van der Waals surface area contributed by atoms with Crippen molar-refractivity contribution < 1.29 is 9.21 Å². The highest BCUT2D eigenvalue weighted by Gasteiger charge is 2.36. The van der Waals surface area contributed by atoms with Crippen LogP contribution >= 0.6 is 0 Å². The van der Waals surface area contributed by atoms with E-state index in [1.54, 1.807) is 18.4 Å². The Morgan fingerprint density at radius 2 is 2.05 bits per heavy atom. The Morgan fingerprint density at radius 3 is 2.67 bits per heavy atom. The predicted molar refractivity (Wildman–Crippen MR) is 79.9 cm³/mol. The van der Waals surface area contributed by atoms with Gasteiger partial charge >= 0.3 is 0 Å². The lowest BCUT2D eigenvalue weighted by atomic mass is 9.93. The molecule has 112 valence electrons. The third-order valence-electron chi connectivity index (χ3n) is 5.30. The van der Waals surface area contributed by atoms with Gasteiger partial charge in [0.15, 0.2) is 5.76 Å². The van der Waals surface area contributed by atoms with E-state index in [2.05, 4.69) is 17.1 Å². The maximum atomic E-state index is 12.2. The zero-order chi connectivity index (χ0) is 14.2. The van der Waals surface area contributed by atoms with E-state index in [0.717, 1.165) is 43.9 Å². The minimum absolute atomic E-state index is 0.0301. The van der Waals surface area contributed by atoms with Gasteiger partial charge in [0, 0.05) is 32.7 Å². The van der Waals surface area contributed by atoms with Gasteiger partial charge in [-0.2, -0.15) is 0 Å². The van der Waals surface area contributed by atoms with E-state index >= 15 is 0 Å². The maximum absolute atomic E-state index is 12.2. The number of piperazine rings is 1.